The third-order valence-corrected chi connectivity index (χ3v) is 3.59. The number of nitrogens with one attached hydrogen (secondary N) is 1. The number of aliphatic hydroxyl groups excluding tert-OH is 1. The summed E-state index contributed by atoms with van der Waals surface area (Å²) in [6.07, 6.45) is 3.68. The molecule has 112 valence electrons. The second-order valence-electron chi connectivity index (χ2n) is 4.53. The van der Waals surface area contributed by atoms with Gasteiger partial charge < -0.3 is 10.4 Å². The molecule has 1 heterocycles. The third-order valence-electron chi connectivity index (χ3n) is 3.05. The van der Waals surface area contributed by atoms with Crippen molar-refractivity contribution in [3.8, 4) is 5.69 Å². The van der Waals surface area contributed by atoms with Crippen molar-refractivity contribution in [2.75, 3.05) is 6.61 Å². The molecule has 21 heavy (non-hydrogen) atoms. The molecular weight excluding hydrogens is 313 g/mol. The van der Waals surface area contributed by atoms with Gasteiger partial charge >= 0.3 is 0 Å². The number of benzene rings is 1. The predicted octanol–water partition coefficient (Wildman–Crippen LogP) is 2.68. The molecule has 0 aliphatic carbocycles. The smallest absolute Gasteiger partial charge is 0.254 e. The van der Waals surface area contributed by atoms with Gasteiger partial charge in [-0.1, -0.05) is 30.1 Å². The lowest BCUT2D eigenvalue weighted by Crippen LogP contribution is -2.36. The molecule has 1 amide bonds. The first-order chi connectivity index (χ1) is 10.0. The molecule has 0 aliphatic heterocycles. The van der Waals surface area contributed by atoms with Crippen LogP contribution in [-0.4, -0.2) is 33.4 Å². The van der Waals surface area contributed by atoms with Crippen molar-refractivity contribution in [3.05, 3.63) is 46.2 Å². The molecule has 2 rings (SSSR count). The summed E-state index contributed by atoms with van der Waals surface area (Å²) in [4.78, 5) is 12.0. The Morgan fingerprint density at radius 3 is 2.86 bits per heavy atom. The van der Waals surface area contributed by atoms with Crippen LogP contribution in [0.15, 0.2) is 30.6 Å². The van der Waals surface area contributed by atoms with E-state index in [0.29, 0.717) is 27.7 Å². The van der Waals surface area contributed by atoms with Crippen molar-refractivity contribution >= 4 is 29.1 Å². The predicted molar refractivity (Wildman–Crippen MR) is 82.2 cm³/mol. The van der Waals surface area contributed by atoms with Crippen LogP contribution in [0.3, 0.4) is 0 Å². The normalized spacial score (nSPS) is 12.2. The maximum atomic E-state index is 12.0. The van der Waals surface area contributed by atoms with Crippen molar-refractivity contribution in [1.29, 1.82) is 0 Å². The van der Waals surface area contributed by atoms with Crippen molar-refractivity contribution in [2.45, 2.75) is 19.4 Å². The zero-order valence-corrected chi connectivity index (χ0v) is 12.9. The van der Waals surface area contributed by atoms with Crippen LogP contribution < -0.4 is 5.32 Å². The molecule has 5 nitrogen and oxygen atoms in total. The van der Waals surface area contributed by atoms with E-state index in [1.54, 1.807) is 24.4 Å². The first kappa shape index (κ1) is 15.8. The lowest BCUT2D eigenvalue weighted by Gasteiger charge is -2.12. The molecule has 1 aromatic carbocycles. The highest BCUT2D eigenvalue weighted by Gasteiger charge is 2.14. The van der Waals surface area contributed by atoms with Crippen molar-refractivity contribution in [3.63, 3.8) is 0 Å². The Morgan fingerprint density at radius 1 is 1.48 bits per heavy atom. The lowest BCUT2D eigenvalue weighted by molar-refractivity contribution is 0.0915. The fourth-order valence-electron chi connectivity index (χ4n) is 1.78. The van der Waals surface area contributed by atoms with E-state index in [1.165, 1.54) is 10.9 Å². The van der Waals surface area contributed by atoms with Gasteiger partial charge in [0, 0.05) is 11.2 Å². The summed E-state index contributed by atoms with van der Waals surface area (Å²) in [5.41, 5.74) is 1.03. The highest BCUT2D eigenvalue weighted by Crippen LogP contribution is 2.24. The standard InChI is InChI=1S/C14H15Cl2N3O2/c1-2-11(8-20)18-14(21)9-6-17-19(7-9)13-4-3-10(15)5-12(13)16/h3-7,11,20H,2,8H2,1H3,(H,18,21). The molecule has 2 N–H and O–H groups in total. The second kappa shape index (κ2) is 6.93. The zero-order chi connectivity index (χ0) is 15.4. The Kier molecular flexibility index (Phi) is 5.22. The molecule has 1 unspecified atom stereocenters. The molecule has 7 heteroatoms. The summed E-state index contributed by atoms with van der Waals surface area (Å²) in [7, 11) is 0. The number of rotatable bonds is 5. The van der Waals surface area contributed by atoms with Crippen LogP contribution in [0.25, 0.3) is 5.69 Å². The molecule has 0 spiro atoms. The minimum Gasteiger partial charge on any atom is -0.394 e. The van der Waals surface area contributed by atoms with Crippen LogP contribution in [0, 0.1) is 0 Å². The lowest BCUT2D eigenvalue weighted by atomic mass is 10.2. The Balaban J connectivity index is 2.19. The highest BCUT2D eigenvalue weighted by molar-refractivity contribution is 6.35. The highest BCUT2D eigenvalue weighted by atomic mass is 35.5. The minimum atomic E-state index is -0.285. The van der Waals surface area contributed by atoms with Gasteiger partial charge in [-0.3, -0.25) is 4.79 Å². The summed E-state index contributed by atoms with van der Waals surface area (Å²) in [5.74, 6) is -0.285. The first-order valence-corrected chi connectivity index (χ1v) is 7.22. The number of carbonyl (C=O) groups is 1. The van der Waals surface area contributed by atoms with Crippen LogP contribution in [-0.2, 0) is 0 Å². The van der Waals surface area contributed by atoms with Crippen LogP contribution >= 0.6 is 23.2 Å². The van der Waals surface area contributed by atoms with Gasteiger partial charge in [0.1, 0.15) is 0 Å². The number of hydrogen-bond acceptors (Lipinski definition) is 3. The molecular formula is C14H15Cl2N3O2. The van der Waals surface area contributed by atoms with Gasteiger partial charge in [-0.2, -0.15) is 5.10 Å². The van der Waals surface area contributed by atoms with E-state index < -0.39 is 0 Å². The Hall–Kier alpha value is -1.56. The average Bonchev–Trinajstić information content (AvgIpc) is 2.94. The topological polar surface area (TPSA) is 67.2 Å². The van der Waals surface area contributed by atoms with E-state index in [1.807, 2.05) is 6.92 Å². The molecule has 0 bridgehead atoms. The number of carbonyl (C=O) groups excluding carboxylic acids is 1. The van der Waals surface area contributed by atoms with Gasteiger partial charge in [0.15, 0.2) is 0 Å². The largest absolute Gasteiger partial charge is 0.394 e. The summed E-state index contributed by atoms with van der Waals surface area (Å²) < 4.78 is 1.51. The number of aromatic nitrogens is 2. The van der Waals surface area contributed by atoms with Crippen LogP contribution in [0.1, 0.15) is 23.7 Å². The molecule has 1 aromatic heterocycles. The average molecular weight is 328 g/mol. The van der Waals surface area contributed by atoms with E-state index >= 15 is 0 Å². The number of aliphatic hydroxyl groups is 1. The third kappa shape index (κ3) is 3.75. The maximum absolute atomic E-state index is 12.0. The first-order valence-electron chi connectivity index (χ1n) is 6.47. The molecule has 0 radical (unpaired) electrons. The Bertz CT molecular complexity index is 639. The van der Waals surface area contributed by atoms with Crippen molar-refractivity contribution < 1.29 is 9.90 Å². The van der Waals surface area contributed by atoms with Crippen LogP contribution in [0.5, 0.6) is 0 Å². The van der Waals surface area contributed by atoms with E-state index in [0.717, 1.165) is 0 Å². The summed E-state index contributed by atoms with van der Waals surface area (Å²) in [5, 5.41) is 16.9. The molecule has 0 saturated heterocycles. The van der Waals surface area contributed by atoms with E-state index in [2.05, 4.69) is 10.4 Å². The van der Waals surface area contributed by atoms with Crippen LogP contribution in [0.4, 0.5) is 0 Å². The van der Waals surface area contributed by atoms with Gasteiger partial charge in [-0.25, -0.2) is 4.68 Å². The Morgan fingerprint density at radius 2 is 2.24 bits per heavy atom. The zero-order valence-electron chi connectivity index (χ0n) is 11.4. The van der Waals surface area contributed by atoms with Gasteiger partial charge in [-0.05, 0) is 24.6 Å². The number of hydrogen-bond donors (Lipinski definition) is 2. The van der Waals surface area contributed by atoms with E-state index in [4.69, 9.17) is 28.3 Å². The summed E-state index contributed by atoms with van der Waals surface area (Å²) >= 11 is 12.0. The monoisotopic (exact) mass is 327 g/mol. The summed E-state index contributed by atoms with van der Waals surface area (Å²) in [6.45, 7) is 1.79. The molecule has 2 aromatic rings. The van der Waals surface area contributed by atoms with E-state index in [-0.39, 0.29) is 18.6 Å². The summed E-state index contributed by atoms with van der Waals surface area (Å²) in [6, 6.07) is 4.77. The van der Waals surface area contributed by atoms with Gasteiger partial charge in [0.05, 0.1) is 35.1 Å². The molecule has 0 saturated carbocycles. The fourth-order valence-corrected chi connectivity index (χ4v) is 2.28. The number of halogens is 2. The van der Waals surface area contributed by atoms with Gasteiger partial charge in [0.25, 0.3) is 5.91 Å². The SMILES string of the molecule is CCC(CO)NC(=O)c1cnn(-c2ccc(Cl)cc2Cl)c1. The van der Waals surface area contributed by atoms with Crippen molar-refractivity contribution in [2.24, 2.45) is 0 Å². The van der Waals surface area contributed by atoms with Crippen molar-refractivity contribution in [1.82, 2.24) is 15.1 Å². The maximum Gasteiger partial charge on any atom is 0.254 e. The molecule has 1 atom stereocenters. The number of nitrogens with zero attached hydrogens (tertiary/aromatic N) is 2. The van der Waals surface area contributed by atoms with E-state index in [9.17, 15) is 4.79 Å². The van der Waals surface area contributed by atoms with Gasteiger partial charge in [-0.15, -0.1) is 0 Å². The molecule has 0 aliphatic rings. The fraction of sp³-hybridized carbons (Fsp3) is 0.286. The van der Waals surface area contributed by atoms with Crippen LogP contribution in [0.2, 0.25) is 10.0 Å². The second-order valence-corrected chi connectivity index (χ2v) is 5.37. The minimum absolute atomic E-state index is 0.0978. The molecule has 0 fully saturated rings. The van der Waals surface area contributed by atoms with Gasteiger partial charge in [0.2, 0.25) is 0 Å². The quantitative estimate of drug-likeness (QED) is 0.887. The Labute approximate surface area is 132 Å². The number of amides is 1.